The number of anilines is 1. The van der Waals surface area contributed by atoms with E-state index in [4.69, 9.17) is 9.47 Å². The normalized spacial score (nSPS) is 14.0. The molecule has 0 unspecified atom stereocenters. The number of carbonyl (C=O) groups excluding carboxylic acids is 2. The smallest absolute Gasteiger partial charge is 0.336 e. The second-order valence-electron chi connectivity index (χ2n) is 7.24. The molecule has 0 saturated carbocycles. The van der Waals surface area contributed by atoms with Crippen molar-refractivity contribution in [2.45, 2.75) is 33.6 Å². The van der Waals surface area contributed by atoms with Crippen molar-refractivity contribution >= 4 is 17.6 Å². The van der Waals surface area contributed by atoms with Crippen molar-refractivity contribution in [3.63, 3.8) is 0 Å². The van der Waals surface area contributed by atoms with Gasteiger partial charge in [-0.3, -0.25) is 0 Å². The number of carbonyl (C=O) groups is 2. The Hall–Kier alpha value is -3.41. The first-order valence-corrected chi connectivity index (χ1v) is 10.2. The molecule has 0 radical (unpaired) electrons. The number of benzene rings is 2. The van der Waals surface area contributed by atoms with Crippen LogP contribution in [0.15, 0.2) is 66.0 Å². The zero-order valence-corrected chi connectivity index (χ0v) is 18.1. The fourth-order valence-corrected chi connectivity index (χ4v) is 3.50. The van der Waals surface area contributed by atoms with E-state index in [0.29, 0.717) is 0 Å². The molecule has 0 amide bonds. The second kappa shape index (κ2) is 9.60. The average molecular weight is 423 g/mol. The minimum atomic E-state index is -0.943. The van der Waals surface area contributed by atoms with Crippen LogP contribution >= 0.6 is 0 Å². The zero-order chi connectivity index (χ0) is 22.5. The number of halogens is 1. The third-order valence-corrected chi connectivity index (χ3v) is 5.21. The molecule has 2 aromatic rings. The quantitative estimate of drug-likeness (QED) is 0.616. The Bertz CT molecular complexity index is 1020. The summed E-state index contributed by atoms with van der Waals surface area (Å²) in [6, 6.07) is 11.9. The fraction of sp³-hybridized carbons (Fsp3) is 0.280. The van der Waals surface area contributed by atoms with Gasteiger partial charge in [-0.05, 0) is 57.0 Å². The van der Waals surface area contributed by atoms with Gasteiger partial charge in [-0.1, -0.05) is 24.3 Å². The molecule has 31 heavy (non-hydrogen) atoms. The van der Waals surface area contributed by atoms with Gasteiger partial charge in [0.25, 0.3) is 0 Å². The average Bonchev–Trinajstić information content (AvgIpc) is 2.75. The molecule has 0 fully saturated rings. The maximum Gasteiger partial charge on any atom is 0.336 e. The molecule has 0 aliphatic carbocycles. The monoisotopic (exact) mass is 423 g/mol. The Morgan fingerprint density at radius 3 is 2.00 bits per heavy atom. The van der Waals surface area contributed by atoms with Gasteiger partial charge < -0.3 is 14.4 Å². The molecule has 2 aromatic carbocycles. The van der Waals surface area contributed by atoms with Crippen LogP contribution in [0, 0.1) is 19.7 Å². The van der Waals surface area contributed by atoms with Gasteiger partial charge in [0.2, 0.25) is 0 Å². The largest absolute Gasteiger partial charge is 0.463 e. The Labute approximate surface area is 181 Å². The molecule has 1 aliphatic rings. The van der Waals surface area contributed by atoms with Gasteiger partial charge >= 0.3 is 11.9 Å². The van der Waals surface area contributed by atoms with Crippen LogP contribution in [0.1, 0.15) is 36.5 Å². The minimum Gasteiger partial charge on any atom is -0.463 e. The van der Waals surface area contributed by atoms with Crippen LogP contribution in [0.3, 0.4) is 0 Å². The van der Waals surface area contributed by atoms with E-state index < -0.39 is 23.7 Å². The summed E-state index contributed by atoms with van der Waals surface area (Å²) >= 11 is 0. The number of ether oxygens (including phenoxy) is 2. The van der Waals surface area contributed by atoms with Crippen molar-refractivity contribution < 1.29 is 23.5 Å². The van der Waals surface area contributed by atoms with Crippen LogP contribution in [0.4, 0.5) is 10.1 Å². The highest BCUT2D eigenvalue weighted by molar-refractivity contribution is 6.00. The molecule has 0 atom stereocenters. The molecule has 3 rings (SSSR count). The number of hydrogen-bond donors (Lipinski definition) is 0. The molecule has 0 aromatic heterocycles. The number of nitrogens with zero attached hydrogens (tertiary/aromatic N) is 1. The van der Waals surface area contributed by atoms with Gasteiger partial charge in [0.05, 0.1) is 30.3 Å². The van der Waals surface area contributed by atoms with Crippen molar-refractivity contribution in [3.8, 4) is 0 Å². The summed E-state index contributed by atoms with van der Waals surface area (Å²) in [4.78, 5) is 27.5. The van der Waals surface area contributed by atoms with E-state index in [1.165, 1.54) is 6.07 Å². The van der Waals surface area contributed by atoms with Crippen molar-refractivity contribution in [2.24, 2.45) is 0 Å². The lowest BCUT2D eigenvalue weighted by Gasteiger charge is -2.30. The first-order valence-electron chi connectivity index (χ1n) is 10.2. The van der Waals surface area contributed by atoms with Crippen LogP contribution in [0.5, 0.6) is 0 Å². The lowest BCUT2D eigenvalue weighted by molar-refractivity contribution is -0.139. The summed E-state index contributed by atoms with van der Waals surface area (Å²) in [6.45, 7) is 7.69. The number of esters is 2. The Morgan fingerprint density at radius 1 is 0.903 bits per heavy atom. The van der Waals surface area contributed by atoms with Gasteiger partial charge in [-0.25, -0.2) is 14.0 Å². The van der Waals surface area contributed by atoms with Crippen molar-refractivity contribution in [3.05, 3.63) is 88.5 Å². The van der Waals surface area contributed by atoms with Crippen LogP contribution in [-0.4, -0.2) is 25.2 Å². The van der Waals surface area contributed by atoms with E-state index in [1.54, 1.807) is 49.3 Å². The summed E-state index contributed by atoms with van der Waals surface area (Å²) in [5.74, 6) is -2.68. The molecule has 0 N–H and O–H groups in total. The minimum absolute atomic E-state index is 0.155. The summed E-state index contributed by atoms with van der Waals surface area (Å²) in [5, 5.41) is 0. The third-order valence-electron chi connectivity index (χ3n) is 5.21. The number of aryl methyl sites for hydroxylation is 2. The SMILES string of the molecule is CCOC(=O)C1=CN(c2ccc(C)c(C)c2)C=C(C(=O)OCC)C1c1ccccc1F. The summed E-state index contributed by atoms with van der Waals surface area (Å²) < 4.78 is 25.3. The lowest BCUT2D eigenvalue weighted by Crippen LogP contribution is -2.29. The molecule has 1 aliphatic heterocycles. The molecule has 162 valence electrons. The van der Waals surface area contributed by atoms with E-state index >= 15 is 0 Å². The molecular weight excluding hydrogens is 397 g/mol. The highest BCUT2D eigenvalue weighted by Gasteiger charge is 2.37. The molecule has 5 nitrogen and oxygen atoms in total. The molecule has 0 saturated heterocycles. The van der Waals surface area contributed by atoms with Gasteiger partial charge in [0.1, 0.15) is 5.82 Å². The highest BCUT2D eigenvalue weighted by Crippen LogP contribution is 2.39. The van der Waals surface area contributed by atoms with Crippen molar-refractivity contribution in [2.75, 3.05) is 18.1 Å². The van der Waals surface area contributed by atoms with Crippen LogP contribution < -0.4 is 4.90 Å². The van der Waals surface area contributed by atoms with E-state index in [2.05, 4.69) is 0 Å². The van der Waals surface area contributed by atoms with Gasteiger partial charge in [0.15, 0.2) is 0 Å². The predicted octanol–water partition coefficient (Wildman–Crippen LogP) is 4.94. The lowest BCUT2D eigenvalue weighted by atomic mass is 9.83. The van der Waals surface area contributed by atoms with Gasteiger partial charge in [-0.2, -0.15) is 0 Å². The van der Waals surface area contributed by atoms with Gasteiger partial charge in [0, 0.05) is 23.7 Å². The summed E-state index contributed by atoms with van der Waals surface area (Å²) in [7, 11) is 0. The maximum atomic E-state index is 14.8. The topological polar surface area (TPSA) is 55.8 Å². The molecular formula is C25H26FNO4. The first kappa shape index (κ1) is 22.3. The standard InChI is InChI=1S/C25H26FNO4/c1-5-30-24(28)20-14-27(18-12-11-16(3)17(4)13-18)15-21(25(29)31-6-2)23(20)19-9-7-8-10-22(19)26/h7-15,23H,5-6H2,1-4H3. The van der Waals surface area contributed by atoms with Crippen LogP contribution in [0.2, 0.25) is 0 Å². The van der Waals surface area contributed by atoms with Crippen LogP contribution in [0.25, 0.3) is 0 Å². The van der Waals surface area contributed by atoms with Crippen molar-refractivity contribution in [1.29, 1.82) is 0 Å². The molecule has 0 bridgehead atoms. The van der Waals surface area contributed by atoms with E-state index in [-0.39, 0.29) is 29.9 Å². The van der Waals surface area contributed by atoms with E-state index in [0.717, 1.165) is 16.8 Å². The maximum absolute atomic E-state index is 14.8. The first-order chi connectivity index (χ1) is 14.9. The summed E-state index contributed by atoms with van der Waals surface area (Å²) in [6.07, 6.45) is 3.20. The molecule has 1 heterocycles. The number of hydrogen-bond acceptors (Lipinski definition) is 5. The van der Waals surface area contributed by atoms with E-state index in [1.807, 2.05) is 32.0 Å². The Balaban J connectivity index is 2.21. The Morgan fingerprint density at radius 2 is 1.48 bits per heavy atom. The third kappa shape index (κ3) is 4.68. The van der Waals surface area contributed by atoms with Crippen LogP contribution in [-0.2, 0) is 19.1 Å². The second-order valence-corrected chi connectivity index (χ2v) is 7.24. The van der Waals surface area contributed by atoms with E-state index in [9.17, 15) is 14.0 Å². The van der Waals surface area contributed by atoms with Gasteiger partial charge in [-0.15, -0.1) is 0 Å². The Kier molecular flexibility index (Phi) is 6.90. The highest BCUT2D eigenvalue weighted by atomic mass is 19.1. The predicted molar refractivity (Wildman–Crippen MR) is 117 cm³/mol. The molecule has 6 heteroatoms. The number of rotatable bonds is 6. The van der Waals surface area contributed by atoms with Crippen molar-refractivity contribution in [1.82, 2.24) is 0 Å². The zero-order valence-electron chi connectivity index (χ0n) is 18.1. The molecule has 0 spiro atoms. The summed E-state index contributed by atoms with van der Waals surface area (Å²) in [5.41, 5.74) is 3.48. The fourth-order valence-electron chi connectivity index (χ4n) is 3.50.